The molecule has 29 heavy (non-hydrogen) atoms. The van der Waals surface area contributed by atoms with E-state index in [0.717, 1.165) is 0 Å². The summed E-state index contributed by atoms with van der Waals surface area (Å²) in [5, 5.41) is 12.6. The lowest BCUT2D eigenvalue weighted by Gasteiger charge is -2.12. The molecule has 146 valence electrons. The largest absolute Gasteiger partial charge is 0.366 e. The number of carbonyl (C=O) groups excluding carboxylic acids is 2. The molecule has 0 radical (unpaired) electrons. The third-order valence-electron chi connectivity index (χ3n) is 4.45. The Morgan fingerprint density at radius 3 is 2.52 bits per heavy atom. The molecule has 0 saturated heterocycles. The number of para-hydroxylation sites is 1. The molecule has 11 nitrogen and oxygen atoms in total. The van der Waals surface area contributed by atoms with Crippen LogP contribution in [-0.2, 0) is 6.54 Å². The van der Waals surface area contributed by atoms with Crippen molar-refractivity contribution in [2.45, 2.75) is 20.4 Å². The van der Waals surface area contributed by atoms with Crippen LogP contribution in [0.15, 0.2) is 28.8 Å². The first-order valence-electron chi connectivity index (χ1n) is 8.58. The van der Waals surface area contributed by atoms with Crippen LogP contribution in [0.3, 0.4) is 0 Å². The minimum atomic E-state index is -0.809. The number of aryl methyl sites for hydroxylation is 1. The number of hydrogen-bond acceptors (Lipinski definition) is 8. The predicted octanol–water partition coefficient (Wildman–Crippen LogP) is 0.739. The van der Waals surface area contributed by atoms with Crippen LogP contribution in [0.4, 0.5) is 0 Å². The first-order chi connectivity index (χ1) is 13.9. The number of amides is 2. The highest BCUT2D eigenvalue weighted by atomic mass is 16.5. The number of carbonyl (C=O) groups is 2. The van der Waals surface area contributed by atoms with Crippen molar-refractivity contribution < 1.29 is 14.1 Å². The van der Waals surface area contributed by atoms with Crippen LogP contribution in [0, 0.1) is 13.8 Å². The molecule has 2 amide bonds. The van der Waals surface area contributed by atoms with Gasteiger partial charge < -0.3 is 16.0 Å². The Hall–Kier alpha value is -4.15. The highest BCUT2D eigenvalue weighted by Crippen LogP contribution is 2.32. The standard InChI is InChI=1S/C18H16N8O3/c1-8-15(23-25-26(8)7-12-21-9(2)29-24-12)14-13(17(19)27)10-5-3-4-6-11(10)22-16(14)18(20)28/h3-6H,7H2,1-2H3,(H2,19,27)(H2,20,28). The van der Waals surface area contributed by atoms with E-state index >= 15 is 0 Å². The minimum absolute atomic E-state index is 0.106. The smallest absolute Gasteiger partial charge is 0.268 e. The van der Waals surface area contributed by atoms with Crippen molar-refractivity contribution in [3.63, 3.8) is 0 Å². The highest BCUT2D eigenvalue weighted by molar-refractivity contribution is 6.15. The first kappa shape index (κ1) is 18.2. The van der Waals surface area contributed by atoms with Crippen LogP contribution in [0.25, 0.3) is 22.2 Å². The molecule has 3 heterocycles. The van der Waals surface area contributed by atoms with Gasteiger partial charge in [0.1, 0.15) is 17.9 Å². The van der Waals surface area contributed by atoms with Crippen molar-refractivity contribution in [2.24, 2.45) is 11.5 Å². The summed E-state index contributed by atoms with van der Waals surface area (Å²) in [7, 11) is 0. The van der Waals surface area contributed by atoms with E-state index in [2.05, 4.69) is 25.4 Å². The molecule has 0 aliphatic rings. The van der Waals surface area contributed by atoms with Crippen molar-refractivity contribution in [1.29, 1.82) is 0 Å². The molecule has 0 saturated carbocycles. The molecule has 0 unspecified atom stereocenters. The average molecular weight is 392 g/mol. The van der Waals surface area contributed by atoms with Crippen molar-refractivity contribution in [2.75, 3.05) is 0 Å². The topological polar surface area (TPSA) is 169 Å². The number of benzene rings is 1. The molecule has 0 atom stereocenters. The summed E-state index contributed by atoms with van der Waals surface area (Å²) in [4.78, 5) is 33.0. The Bertz CT molecular complexity index is 1270. The third-order valence-corrected chi connectivity index (χ3v) is 4.45. The van der Waals surface area contributed by atoms with Gasteiger partial charge in [0.2, 0.25) is 11.8 Å². The van der Waals surface area contributed by atoms with Crippen LogP contribution in [-0.4, -0.2) is 41.9 Å². The van der Waals surface area contributed by atoms with Crippen LogP contribution in [0.2, 0.25) is 0 Å². The van der Waals surface area contributed by atoms with Gasteiger partial charge in [-0.1, -0.05) is 28.6 Å². The zero-order valence-corrected chi connectivity index (χ0v) is 15.6. The van der Waals surface area contributed by atoms with E-state index in [4.69, 9.17) is 16.0 Å². The quantitative estimate of drug-likeness (QED) is 0.501. The summed E-state index contributed by atoms with van der Waals surface area (Å²) in [6, 6.07) is 6.84. The van der Waals surface area contributed by atoms with E-state index < -0.39 is 11.8 Å². The fraction of sp³-hybridized carbons (Fsp3) is 0.167. The second kappa shape index (κ2) is 6.78. The molecular weight excluding hydrogens is 376 g/mol. The molecule has 0 aliphatic carbocycles. The molecule has 0 spiro atoms. The fourth-order valence-electron chi connectivity index (χ4n) is 3.16. The predicted molar refractivity (Wildman–Crippen MR) is 101 cm³/mol. The number of nitrogens with two attached hydrogens (primary N) is 2. The van der Waals surface area contributed by atoms with Crippen molar-refractivity contribution in [3.8, 4) is 11.3 Å². The Kier molecular flexibility index (Phi) is 4.26. The Balaban J connectivity index is 1.96. The molecule has 4 rings (SSSR count). The summed E-state index contributed by atoms with van der Waals surface area (Å²) in [5.74, 6) is -0.715. The Labute approximate surface area is 163 Å². The Morgan fingerprint density at radius 2 is 1.86 bits per heavy atom. The van der Waals surface area contributed by atoms with Gasteiger partial charge >= 0.3 is 0 Å². The highest BCUT2D eigenvalue weighted by Gasteiger charge is 2.27. The second-order valence-electron chi connectivity index (χ2n) is 6.37. The van der Waals surface area contributed by atoms with Gasteiger partial charge in [0.05, 0.1) is 16.8 Å². The molecule has 11 heteroatoms. The number of primary amides is 2. The van der Waals surface area contributed by atoms with Crippen molar-refractivity contribution in [1.82, 2.24) is 30.1 Å². The molecule has 0 fully saturated rings. The number of rotatable bonds is 5. The summed E-state index contributed by atoms with van der Waals surface area (Å²) in [6.07, 6.45) is 0. The lowest BCUT2D eigenvalue weighted by molar-refractivity contribution is 0.0996. The number of hydrogen-bond donors (Lipinski definition) is 2. The van der Waals surface area contributed by atoms with Gasteiger partial charge in [-0.05, 0) is 13.0 Å². The Morgan fingerprint density at radius 1 is 1.10 bits per heavy atom. The molecule has 0 bridgehead atoms. The molecule has 3 aromatic heterocycles. The number of aromatic nitrogens is 6. The van der Waals surface area contributed by atoms with Gasteiger partial charge in [-0.15, -0.1) is 5.10 Å². The van der Waals surface area contributed by atoms with Crippen LogP contribution < -0.4 is 11.5 Å². The summed E-state index contributed by atoms with van der Waals surface area (Å²) >= 11 is 0. The van der Waals surface area contributed by atoms with E-state index in [1.807, 2.05) is 0 Å². The lowest BCUT2D eigenvalue weighted by Crippen LogP contribution is -2.21. The average Bonchev–Trinajstić information content (AvgIpc) is 3.25. The molecular formula is C18H16N8O3. The number of fused-ring (bicyclic) bond motifs is 1. The summed E-state index contributed by atoms with van der Waals surface area (Å²) < 4.78 is 6.48. The molecule has 4 aromatic rings. The van der Waals surface area contributed by atoms with E-state index in [-0.39, 0.29) is 29.1 Å². The van der Waals surface area contributed by atoms with E-state index in [1.54, 1.807) is 38.1 Å². The van der Waals surface area contributed by atoms with Crippen LogP contribution in [0.5, 0.6) is 0 Å². The zero-order valence-electron chi connectivity index (χ0n) is 15.6. The van der Waals surface area contributed by atoms with Crippen LogP contribution >= 0.6 is 0 Å². The summed E-state index contributed by atoms with van der Waals surface area (Å²) in [6.45, 7) is 3.59. The van der Waals surface area contributed by atoms with Gasteiger partial charge in [0.25, 0.3) is 5.91 Å². The van der Waals surface area contributed by atoms with Gasteiger partial charge in [0.15, 0.2) is 5.82 Å². The van der Waals surface area contributed by atoms with Gasteiger partial charge in [-0.3, -0.25) is 9.59 Å². The van der Waals surface area contributed by atoms with Gasteiger partial charge in [-0.25, -0.2) is 9.67 Å². The fourth-order valence-corrected chi connectivity index (χ4v) is 3.16. The number of pyridine rings is 1. The molecule has 0 aliphatic heterocycles. The van der Waals surface area contributed by atoms with Gasteiger partial charge in [0, 0.05) is 17.9 Å². The van der Waals surface area contributed by atoms with E-state index in [0.29, 0.717) is 28.3 Å². The number of nitrogens with zero attached hydrogens (tertiary/aromatic N) is 6. The third kappa shape index (κ3) is 3.08. The summed E-state index contributed by atoms with van der Waals surface area (Å²) in [5.41, 5.74) is 12.6. The lowest BCUT2D eigenvalue weighted by atomic mass is 9.96. The maximum atomic E-state index is 12.4. The van der Waals surface area contributed by atoms with Crippen molar-refractivity contribution in [3.05, 3.63) is 52.9 Å². The van der Waals surface area contributed by atoms with Crippen molar-refractivity contribution >= 4 is 22.7 Å². The zero-order chi connectivity index (χ0) is 20.7. The van der Waals surface area contributed by atoms with E-state index in [9.17, 15) is 9.59 Å². The van der Waals surface area contributed by atoms with E-state index in [1.165, 1.54) is 4.68 Å². The van der Waals surface area contributed by atoms with Gasteiger partial charge in [-0.2, -0.15) is 4.98 Å². The first-order valence-corrected chi connectivity index (χ1v) is 8.58. The van der Waals surface area contributed by atoms with Crippen LogP contribution in [0.1, 0.15) is 38.3 Å². The normalized spacial score (nSPS) is 11.1. The SMILES string of the molecule is Cc1nc(Cn2nnc(-c3c(C(N)=O)nc4ccccc4c3C(N)=O)c2C)no1. The maximum Gasteiger partial charge on any atom is 0.268 e. The minimum Gasteiger partial charge on any atom is -0.366 e. The maximum absolute atomic E-state index is 12.4. The molecule has 4 N–H and O–H groups in total. The molecule has 1 aromatic carbocycles. The second-order valence-corrected chi connectivity index (χ2v) is 6.37. The monoisotopic (exact) mass is 392 g/mol.